The fourth-order valence-corrected chi connectivity index (χ4v) is 3.41. The predicted molar refractivity (Wildman–Crippen MR) is 104 cm³/mol. The number of alkyl halides is 3. The van der Waals surface area contributed by atoms with Crippen LogP contribution in [-0.2, 0) is 17.5 Å². The van der Waals surface area contributed by atoms with E-state index in [2.05, 4.69) is 4.98 Å². The molecule has 0 unspecified atom stereocenters. The summed E-state index contributed by atoms with van der Waals surface area (Å²) in [5, 5.41) is 0. The minimum atomic E-state index is -4.44. The van der Waals surface area contributed by atoms with Crippen molar-refractivity contribution in [1.82, 2.24) is 4.98 Å². The molecule has 0 bridgehead atoms. The van der Waals surface area contributed by atoms with Gasteiger partial charge in [0.2, 0.25) is 5.91 Å². The number of anilines is 1. The second-order valence-electron chi connectivity index (χ2n) is 6.09. The summed E-state index contributed by atoms with van der Waals surface area (Å²) in [4.78, 5) is 18.8. The highest BCUT2D eigenvalue weighted by Gasteiger charge is 2.30. The second kappa shape index (κ2) is 9.09. The van der Waals surface area contributed by atoms with Gasteiger partial charge in [-0.25, -0.2) is 4.39 Å². The van der Waals surface area contributed by atoms with Gasteiger partial charge in [-0.3, -0.25) is 9.78 Å². The molecule has 150 valence electrons. The summed E-state index contributed by atoms with van der Waals surface area (Å²) < 4.78 is 51.9. The Labute approximate surface area is 169 Å². The zero-order valence-corrected chi connectivity index (χ0v) is 15.9. The molecule has 8 heteroatoms. The highest BCUT2D eigenvalue weighted by molar-refractivity contribution is 8.00. The van der Waals surface area contributed by atoms with Crippen molar-refractivity contribution in [2.24, 2.45) is 0 Å². The molecule has 0 radical (unpaired) electrons. The quantitative estimate of drug-likeness (QED) is 0.386. The minimum Gasteiger partial charge on any atom is -0.306 e. The van der Waals surface area contributed by atoms with Gasteiger partial charge in [-0.2, -0.15) is 13.2 Å². The van der Waals surface area contributed by atoms with Gasteiger partial charge in [0.25, 0.3) is 0 Å². The molecule has 0 fully saturated rings. The van der Waals surface area contributed by atoms with Crippen LogP contribution >= 0.6 is 11.8 Å². The van der Waals surface area contributed by atoms with Crippen LogP contribution in [0.25, 0.3) is 0 Å². The maximum Gasteiger partial charge on any atom is 0.416 e. The largest absolute Gasteiger partial charge is 0.416 e. The molecule has 3 nitrogen and oxygen atoms in total. The van der Waals surface area contributed by atoms with Gasteiger partial charge in [0.1, 0.15) is 5.82 Å². The molecule has 0 aliphatic carbocycles. The molecule has 0 spiro atoms. The summed E-state index contributed by atoms with van der Waals surface area (Å²) in [5.74, 6) is -0.840. The monoisotopic (exact) mass is 420 g/mol. The fraction of sp³-hybridized carbons (Fsp3) is 0.143. The lowest BCUT2D eigenvalue weighted by Gasteiger charge is -2.22. The lowest BCUT2D eigenvalue weighted by atomic mass is 10.2. The average molecular weight is 420 g/mol. The summed E-state index contributed by atoms with van der Waals surface area (Å²) in [6, 6.07) is 15.6. The summed E-state index contributed by atoms with van der Waals surface area (Å²) in [5.41, 5.74) is 0.347. The van der Waals surface area contributed by atoms with Crippen molar-refractivity contribution < 1.29 is 22.4 Å². The Hall–Kier alpha value is -2.87. The Balaban J connectivity index is 1.77. The number of halogens is 4. The standard InChI is InChI=1S/C21H16F4N2OS/c22-16-7-9-18(10-8-16)27(13-17-5-1-2-11-26-17)20(28)14-29-19-6-3-4-15(12-19)21(23,24)25/h1-12H,13-14H2. The van der Waals surface area contributed by atoms with Gasteiger partial charge in [0.15, 0.2) is 0 Å². The van der Waals surface area contributed by atoms with E-state index in [1.807, 2.05) is 0 Å². The number of aromatic nitrogens is 1. The van der Waals surface area contributed by atoms with Crippen LogP contribution in [0.2, 0.25) is 0 Å². The molecule has 0 aliphatic rings. The summed E-state index contributed by atoms with van der Waals surface area (Å²) in [7, 11) is 0. The lowest BCUT2D eigenvalue weighted by molar-refractivity contribution is -0.137. The average Bonchev–Trinajstić information content (AvgIpc) is 2.71. The van der Waals surface area contributed by atoms with E-state index < -0.39 is 17.6 Å². The van der Waals surface area contributed by atoms with Gasteiger partial charge >= 0.3 is 6.18 Å². The topological polar surface area (TPSA) is 33.2 Å². The fourth-order valence-electron chi connectivity index (χ4n) is 2.58. The summed E-state index contributed by atoms with van der Waals surface area (Å²) >= 11 is 1.01. The molecular weight excluding hydrogens is 404 g/mol. The van der Waals surface area contributed by atoms with Crippen LogP contribution in [0.5, 0.6) is 0 Å². The molecule has 1 amide bonds. The van der Waals surface area contributed by atoms with E-state index in [-0.39, 0.29) is 18.2 Å². The van der Waals surface area contributed by atoms with Crippen molar-refractivity contribution >= 4 is 23.4 Å². The number of hydrogen-bond acceptors (Lipinski definition) is 3. The third-order valence-electron chi connectivity index (χ3n) is 4.01. The van der Waals surface area contributed by atoms with Crippen molar-refractivity contribution in [3.8, 4) is 0 Å². The van der Waals surface area contributed by atoms with Gasteiger partial charge in [0, 0.05) is 16.8 Å². The SMILES string of the molecule is O=C(CSc1cccc(C(F)(F)F)c1)N(Cc1ccccn1)c1ccc(F)cc1. The molecule has 0 aliphatic heterocycles. The zero-order chi connectivity index (χ0) is 20.9. The lowest BCUT2D eigenvalue weighted by Crippen LogP contribution is -2.32. The molecule has 0 saturated carbocycles. The molecule has 3 rings (SSSR count). The third kappa shape index (κ3) is 5.80. The predicted octanol–water partition coefficient (Wildman–Crippen LogP) is 5.57. The highest BCUT2D eigenvalue weighted by atomic mass is 32.2. The first-order valence-corrected chi connectivity index (χ1v) is 9.57. The summed E-state index contributed by atoms with van der Waals surface area (Å²) in [6.45, 7) is 0.161. The van der Waals surface area contributed by atoms with Crippen LogP contribution in [0.3, 0.4) is 0 Å². The number of nitrogens with zero attached hydrogens (tertiary/aromatic N) is 2. The van der Waals surface area contributed by atoms with E-state index in [1.54, 1.807) is 24.4 Å². The van der Waals surface area contributed by atoms with Gasteiger partial charge in [-0.1, -0.05) is 12.1 Å². The number of carbonyl (C=O) groups excluding carboxylic acids is 1. The number of pyridine rings is 1. The Morgan fingerprint density at radius 2 is 1.76 bits per heavy atom. The third-order valence-corrected chi connectivity index (χ3v) is 4.99. The maximum atomic E-state index is 13.3. The van der Waals surface area contributed by atoms with Crippen molar-refractivity contribution in [3.05, 3.63) is 90.0 Å². The van der Waals surface area contributed by atoms with Crippen LogP contribution in [0, 0.1) is 5.82 Å². The normalized spacial score (nSPS) is 11.3. The smallest absolute Gasteiger partial charge is 0.306 e. The molecule has 0 atom stereocenters. The first-order valence-electron chi connectivity index (χ1n) is 8.59. The molecule has 0 N–H and O–H groups in total. The van der Waals surface area contributed by atoms with E-state index in [0.717, 1.165) is 23.9 Å². The summed E-state index contributed by atoms with van der Waals surface area (Å²) in [6.07, 6.45) is -2.85. The number of hydrogen-bond donors (Lipinski definition) is 0. The van der Waals surface area contributed by atoms with Crippen LogP contribution in [0.15, 0.2) is 77.8 Å². The van der Waals surface area contributed by atoms with E-state index in [9.17, 15) is 22.4 Å². The van der Waals surface area contributed by atoms with Crippen LogP contribution in [0.4, 0.5) is 23.2 Å². The molecule has 2 aromatic carbocycles. The van der Waals surface area contributed by atoms with E-state index in [1.165, 1.54) is 41.3 Å². The first-order chi connectivity index (χ1) is 13.8. The highest BCUT2D eigenvalue weighted by Crippen LogP contribution is 2.32. The van der Waals surface area contributed by atoms with Crippen molar-refractivity contribution in [1.29, 1.82) is 0 Å². The van der Waals surface area contributed by atoms with Crippen molar-refractivity contribution in [2.45, 2.75) is 17.6 Å². The molecule has 3 aromatic rings. The van der Waals surface area contributed by atoms with E-state index in [0.29, 0.717) is 16.3 Å². The molecule has 1 aromatic heterocycles. The van der Waals surface area contributed by atoms with Crippen LogP contribution in [0.1, 0.15) is 11.3 Å². The zero-order valence-electron chi connectivity index (χ0n) is 15.1. The van der Waals surface area contributed by atoms with Crippen LogP contribution < -0.4 is 4.90 Å². The number of carbonyl (C=O) groups is 1. The maximum absolute atomic E-state index is 13.3. The molecule has 1 heterocycles. The number of rotatable bonds is 6. The van der Waals surface area contributed by atoms with Gasteiger partial charge < -0.3 is 4.90 Å². The van der Waals surface area contributed by atoms with E-state index >= 15 is 0 Å². The number of thioether (sulfide) groups is 1. The molecule has 0 saturated heterocycles. The van der Waals surface area contributed by atoms with Gasteiger partial charge in [-0.05, 0) is 54.6 Å². The Morgan fingerprint density at radius 1 is 1.00 bits per heavy atom. The minimum absolute atomic E-state index is 0.0779. The van der Waals surface area contributed by atoms with Gasteiger partial charge in [-0.15, -0.1) is 11.8 Å². The Morgan fingerprint density at radius 3 is 2.41 bits per heavy atom. The Kier molecular flexibility index (Phi) is 6.53. The van der Waals surface area contributed by atoms with E-state index in [4.69, 9.17) is 0 Å². The molecule has 29 heavy (non-hydrogen) atoms. The Bertz CT molecular complexity index is 962. The number of amides is 1. The first kappa shape index (κ1) is 20.9. The van der Waals surface area contributed by atoms with Crippen molar-refractivity contribution in [3.63, 3.8) is 0 Å². The second-order valence-corrected chi connectivity index (χ2v) is 7.14. The molecular formula is C21H16F4N2OS. The van der Waals surface area contributed by atoms with Crippen LogP contribution in [-0.4, -0.2) is 16.6 Å². The number of benzene rings is 2. The van der Waals surface area contributed by atoms with Gasteiger partial charge in [0.05, 0.1) is 23.6 Å². The van der Waals surface area contributed by atoms with Crippen molar-refractivity contribution in [2.75, 3.05) is 10.7 Å².